The molecule has 2 aromatic rings. The molecule has 5 nitrogen and oxygen atoms in total. The van der Waals surface area contributed by atoms with Gasteiger partial charge in [0, 0.05) is 17.3 Å². The van der Waals surface area contributed by atoms with Crippen LogP contribution < -0.4 is 0 Å². The summed E-state index contributed by atoms with van der Waals surface area (Å²) in [6.07, 6.45) is 4.76. The van der Waals surface area contributed by atoms with Gasteiger partial charge in [-0.25, -0.2) is 5.01 Å². The van der Waals surface area contributed by atoms with Crippen molar-refractivity contribution in [3.8, 4) is 0 Å². The van der Waals surface area contributed by atoms with Gasteiger partial charge in [0.25, 0.3) is 5.91 Å². The average Bonchev–Trinajstić information content (AvgIpc) is 3.06. The number of hydrogen-bond acceptors (Lipinski definition) is 5. The highest BCUT2D eigenvalue weighted by Gasteiger charge is 2.37. The summed E-state index contributed by atoms with van der Waals surface area (Å²) in [5.41, 5.74) is 0.848. The molecule has 0 saturated heterocycles. The van der Waals surface area contributed by atoms with E-state index in [1.807, 2.05) is 23.6 Å². The van der Waals surface area contributed by atoms with Crippen LogP contribution in [0.2, 0.25) is 0 Å². The molecule has 1 aliphatic heterocycles. The van der Waals surface area contributed by atoms with Gasteiger partial charge in [-0.2, -0.15) is 5.10 Å². The Balaban J connectivity index is 1.57. The number of hydrogen-bond donors (Lipinski definition) is 0. The Morgan fingerprint density at radius 2 is 2.29 bits per heavy atom. The third-order valence-electron chi connectivity index (χ3n) is 4.65. The number of carbonyl (C=O) groups is 1. The molecule has 3 heterocycles. The molecule has 6 heteroatoms. The molecule has 126 valence electrons. The van der Waals surface area contributed by atoms with E-state index in [-0.39, 0.29) is 11.9 Å². The van der Waals surface area contributed by atoms with Gasteiger partial charge in [0.1, 0.15) is 11.5 Å². The predicted molar refractivity (Wildman–Crippen MR) is 94.0 cm³/mol. The largest absolute Gasteiger partial charge is 0.463 e. The maximum absolute atomic E-state index is 12.9. The monoisotopic (exact) mass is 343 g/mol. The molecule has 2 aliphatic rings. The van der Waals surface area contributed by atoms with Crippen LogP contribution in [0.4, 0.5) is 0 Å². The predicted octanol–water partition coefficient (Wildman–Crippen LogP) is 3.50. The molecule has 0 N–H and O–H groups in total. The van der Waals surface area contributed by atoms with Gasteiger partial charge in [0.15, 0.2) is 0 Å². The van der Waals surface area contributed by atoms with Crippen molar-refractivity contribution in [1.82, 2.24) is 9.91 Å². The van der Waals surface area contributed by atoms with Crippen molar-refractivity contribution in [3.63, 3.8) is 0 Å². The molecule has 24 heavy (non-hydrogen) atoms. The van der Waals surface area contributed by atoms with Crippen molar-refractivity contribution in [2.24, 2.45) is 5.10 Å². The summed E-state index contributed by atoms with van der Waals surface area (Å²) in [6, 6.07) is 8.42. The second-order valence-electron chi connectivity index (χ2n) is 6.29. The van der Waals surface area contributed by atoms with Crippen LogP contribution in [0, 0.1) is 0 Å². The van der Waals surface area contributed by atoms with E-state index >= 15 is 0 Å². The first-order valence-corrected chi connectivity index (χ1v) is 9.35. The van der Waals surface area contributed by atoms with E-state index in [1.54, 1.807) is 22.6 Å². The Labute approximate surface area is 145 Å². The number of thiophene rings is 1. The maximum Gasteiger partial charge on any atom is 0.257 e. The van der Waals surface area contributed by atoms with Gasteiger partial charge in [0.2, 0.25) is 0 Å². The summed E-state index contributed by atoms with van der Waals surface area (Å²) in [6.45, 7) is 3.46. The highest BCUT2D eigenvalue weighted by Crippen LogP contribution is 2.35. The summed E-state index contributed by atoms with van der Waals surface area (Å²) >= 11 is 1.67. The minimum atomic E-state index is -0.0180. The third-order valence-corrected chi connectivity index (χ3v) is 5.62. The summed E-state index contributed by atoms with van der Waals surface area (Å²) in [4.78, 5) is 16.3. The first kappa shape index (κ1) is 15.6. The van der Waals surface area contributed by atoms with Crippen LogP contribution in [-0.2, 0) is 4.79 Å². The first-order chi connectivity index (χ1) is 11.8. The molecule has 1 aliphatic carbocycles. The van der Waals surface area contributed by atoms with Crippen LogP contribution in [0.25, 0.3) is 0 Å². The van der Waals surface area contributed by atoms with Crippen molar-refractivity contribution in [2.45, 2.75) is 38.3 Å². The molecule has 2 aromatic heterocycles. The van der Waals surface area contributed by atoms with Crippen LogP contribution >= 0.6 is 11.3 Å². The molecule has 4 rings (SSSR count). The quantitative estimate of drug-likeness (QED) is 0.806. The summed E-state index contributed by atoms with van der Waals surface area (Å²) in [7, 11) is 0. The van der Waals surface area contributed by atoms with E-state index in [2.05, 4.69) is 23.0 Å². The van der Waals surface area contributed by atoms with Crippen LogP contribution in [0.5, 0.6) is 0 Å². The van der Waals surface area contributed by atoms with Gasteiger partial charge in [-0.15, -0.1) is 11.3 Å². The first-order valence-electron chi connectivity index (χ1n) is 8.47. The van der Waals surface area contributed by atoms with Crippen LogP contribution in [-0.4, -0.2) is 40.7 Å². The molecule has 0 radical (unpaired) electrons. The lowest BCUT2D eigenvalue weighted by Crippen LogP contribution is -2.39. The molecule has 1 fully saturated rings. The fraction of sp³-hybridized carbons (Fsp3) is 0.444. The number of amides is 1. The highest BCUT2D eigenvalue weighted by molar-refractivity contribution is 7.10. The summed E-state index contributed by atoms with van der Waals surface area (Å²) in [5.74, 6) is 0.824. The second-order valence-corrected chi connectivity index (χ2v) is 7.27. The normalized spacial score (nSPS) is 20.7. The fourth-order valence-corrected chi connectivity index (χ4v) is 4.03. The molecular weight excluding hydrogens is 322 g/mol. The van der Waals surface area contributed by atoms with Crippen LogP contribution in [0.15, 0.2) is 45.4 Å². The second kappa shape index (κ2) is 6.53. The van der Waals surface area contributed by atoms with E-state index < -0.39 is 0 Å². The number of likely N-dealkylation sites (N-methyl/N-ethyl adjacent to an activating group) is 1. The molecule has 0 unspecified atom stereocenters. The zero-order valence-corrected chi connectivity index (χ0v) is 14.5. The zero-order chi connectivity index (χ0) is 16.5. The van der Waals surface area contributed by atoms with Crippen molar-refractivity contribution in [1.29, 1.82) is 0 Å². The van der Waals surface area contributed by atoms with Crippen molar-refractivity contribution in [2.75, 3.05) is 13.1 Å². The van der Waals surface area contributed by atoms with E-state index in [9.17, 15) is 4.79 Å². The molecule has 1 atom stereocenters. The van der Waals surface area contributed by atoms with E-state index in [0.29, 0.717) is 19.0 Å². The molecule has 1 saturated carbocycles. The van der Waals surface area contributed by atoms with E-state index in [0.717, 1.165) is 18.0 Å². The maximum atomic E-state index is 12.9. The number of carbonyl (C=O) groups excluding carboxylic acids is 1. The lowest BCUT2D eigenvalue weighted by molar-refractivity contribution is -0.134. The molecule has 0 aromatic carbocycles. The van der Waals surface area contributed by atoms with E-state index in [4.69, 9.17) is 4.42 Å². The summed E-state index contributed by atoms with van der Waals surface area (Å²) < 4.78 is 5.49. The van der Waals surface area contributed by atoms with Gasteiger partial charge < -0.3 is 4.42 Å². The number of rotatable bonds is 6. The lowest BCUT2D eigenvalue weighted by Gasteiger charge is -2.25. The lowest BCUT2D eigenvalue weighted by atomic mass is 10.1. The van der Waals surface area contributed by atoms with Crippen LogP contribution in [0.1, 0.15) is 42.9 Å². The number of furan rings is 1. The summed E-state index contributed by atoms with van der Waals surface area (Å²) in [5, 5.41) is 8.34. The minimum absolute atomic E-state index is 0.0180. The minimum Gasteiger partial charge on any atom is -0.463 e. The smallest absolute Gasteiger partial charge is 0.257 e. The Hall–Kier alpha value is -1.92. The molecule has 0 bridgehead atoms. The van der Waals surface area contributed by atoms with Crippen molar-refractivity contribution in [3.05, 3.63) is 46.5 Å². The molecule has 1 amide bonds. The molecular formula is C18H21N3O2S. The topological polar surface area (TPSA) is 49.1 Å². The SMILES string of the molecule is CCN(CC(=O)N1N=C(c2ccco2)C[C@H]1c1cccs1)C1CC1. The van der Waals surface area contributed by atoms with Gasteiger partial charge in [-0.05, 0) is 43.0 Å². The Morgan fingerprint density at radius 3 is 2.92 bits per heavy atom. The van der Waals surface area contributed by atoms with Crippen molar-refractivity contribution < 1.29 is 9.21 Å². The van der Waals surface area contributed by atoms with E-state index in [1.165, 1.54) is 17.7 Å². The zero-order valence-electron chi connectivity index (χ0n) is 13.7. The Bertz CT molecular complexity index is 720. The number of nitrogens with zero attached hydrogens (tertiary/aromatic N) is 3. The van der Waals surface area contributed by atoms with Gasteiger partial charge in [0.05, 0.1) is 18.8 Å². The Morgan fingerprint density at radius 1 is 1.42 bits per heavy atom. The highest BCUT2D eigenvalue weighted by atomic mass is 32.1. The molecule has 0 spiro atoms. The average molecular weight is 343 g/mol. The van der Waals surface area contributed by atoms with Gasteiger partial charge in [-0.1, -0.05) is 13.0 Å². The fourth-order valence-electron chi connectivity index (χ4n) is 3.22. The standard InChI is InChI=1S/C18H21N3O2S/c1-2-20(13-7-8-13)12-18(22)21-15(17-6-4-10-24-17)11-14(19-21)16-5-3-9-23-16/h3-6,9-10,13,15H,2,7-8,11-12H2,1H3/t15-/m0/s1. The Kier molecular flexibility index (Phi) is 4.24. The van der Waals surface area contributed by atoms with Crippen molar-refractivity contribution >= 4 is 23.0 Å². The van der Waals surface area contributed by atoms with Crippen LogP contribution in [0.3, 0.4) is 0 Å². The number of hydrazone groups is 1. The third kappa shape index (κ3) is 3.03. The van der Waals surface area contributed by atoms with Gasteiger partial charge in [-0.3, -0.25) is 9.69 Å². The van der Waals surface area contributed by atoms with Gasteiger partial charge >= 0.3 is 0 Å².